The van der Waals surface area contributed by atoms with Crippen LogP contribution in [0, 0.1) is 0 Å². The van der Waals surface area contributed by atoms with Crippen LogP contribution in [0.3, 0.4) is 0 Å². The molecule has 0 rings (SSSR count). The summed E-state index contributed by atoms with van der Waals surface area (Å²) < 4.78 is 1.49. The first-order valence-corrected chi connectivity index (χ1v) is 24.1. The van der Waals surface area contributed by atoms with E-state index in [0.29, 0.717) is 0 Å². The molecule has 0 unspecified atom stereocenters. The Hall–Kier alpha value is 0.440. The third-order valence-corrected chi connectivity index (χ3v) is 11.9. The molecule has 0 amide bonds. The Kier molecular flexibility index (Phi) is 47.9. The minimum Gasteiger partial charge on any atom is -1.00 e. The van der Waals surface area contributed by atoms with E-state index >= 15 is 0 Å². The maximum Gasteiger partial charge on any atom is 0.0786 e. The summed E-state index contributed by atoms with van der Waals surface area (Å²) >= 11 is 0. The van der Waals surface area contributed by atoms with Gasteiger partial charge >= 0.3 is 0 Å². The summed E-state index contributed by atoms with van der Waals surface area (Å²) in [6.07, 6.45) is 58.7. The van der Waals surface area contributed by atoms with Crippen molar-refractivity contribution in [3.8, 4) is 0 Å². The van der Waals surface area contributed by atoms with Crippen molar-refractivity contribution >= 4 is 0 Å². The molecule has 0 aliphatic heterocycles. The van der Waals surface area contributed by atoms with E-state index in [1.807, 2.05) is 0 Å². The zero-order valence-corrected chi connectivity index (χ0v) is 37.5. The summed E-state index contributed by atoms with van der Waals surface area (Å²) in [5, 5.41) is 0. The number of nitrogens with zero attached hydrogens (tertiary/aromatic N) is 1. The van der Waals surface area contributed by atoms with Gasteiger partial charge in [-0.3, -0.25) is 0 Å². The first-order valence-electron chi connectivity index (χ1n) is 24.1. The highest BCUT2D eigenvalue weighted by molar-refractivity contribution is 4.56. The van der Waals surface area contributed by atoms with E-state index in [1.54, 1.807) is 0 Å². The molecule has 0 fully saturated rings. The van der Waals surface area contributed by atoms with Gasteiger partial charge in [-0.1, -0.05) is 233 Å². The third kappa shape index (κ3) is 39.6. The molecule has 0 N–H and O–H groups in total. The molecule has 50 heavy (non-hydrogen) atoms. The van der Waals surface area contributed by atoms with Gasteiger partial charge in [0.05, 0.1) is 26.2 Å². The maximum absolute atomic E-state index is 2.34. The standard InChI is InChI=1S/C48H100N.BrH/c1-5-9-13-17-21-25-29-33-37-41-45-49(46-42-38-34-30-26-22-18-14-10-6-2,47-43-39-35-31-27-23-19-15-11-7-3)48-44-40-36-32-28-24-20-16-12-8-4;/h5-48H2,1-4H3;1H/q+1;/p-1. The van der Waals surface area contributed by atoms with Crippen LogP contribution in [0.5, 0.6) is 0 Å². The summed E-state index contributed by atoms with van der Waals surface area (Å²) in [6.45, 7) is 15.3. The molecule has 0 aromatic rings. The van der Waals surface area contributed by atoms with Crippen LogP contribution in [0.15, 0.2) is 0 Å². The summed E-state index contributed by atoms with van der Waals surface area (Å²) in [6, 6.07) is 0. The topological polar surface area (TPSA) is 0 Å². The highest BCUT2D eigenvalue weighted by Gasteiger charge is 2.25. The molecule has 0 aromatic heterocycles. The lowest BCUT2D eigenvalue weighted by Crippen LogP contribution is -3.00. The van der Waals surface area contributed by atoms with Gasteiger partial charge in [-0.2, -0.15) is 0 Å². The number of halogens is 1. The molecule has 0 bridgehead atoms. The lowest BCUT2D eigenvalue weighted by molar-refractivity contribution is -0.929. The first-order chi connectivity index (χ1) is 24.2. The van der Waals surface area contributed by atoms with Crippen molar-refractivity contribution in [3.05, 3.63) is 0 Å². The second kappa shape index (κ2) is 45.6. The minimum absolute atomic E-state index is 0. The van der Waals surface area contributed by atoms with E-state index in [9.17, 15) is 0 Å². The van der Waals surface area contributed by atoms with Gasteiger partial charge in [0.1, 0.15) is 0 Å². The first kappa shape index (κ1) is 52.5. The molecular formula is C48H100BrN. The van der Waals surface area contributed by atoms with Crippen LogP contribution < -0.4 is 17.0 Å². The zero-order chi connectivity index (χ0) is 35.6. The molecule has 0 saturated heterocycles. The predicted molar refractivity (Wildman–Crippen MR) is 227 cm³/mol. The number of quaternary nitrogens is 1. The monoisotopic (exact) mass is 770 g/mol. The fourth-order valence-electron chi connectivity index (χ4n) is 8.41. The van der Waals surface area contributed by atoms with Gasteiger partial charge < -0.3 is 21.5 Å². The zero-order valence-electron chi connectivity index (χ0n) is 35.9. The molecule has 0 heterocycles. The largest absolute Gasteiger partial charge is 1.00 e. The third-order valence-electron chi connectivity index (χ3n) is 11.9. The smallest absolute Gasteiger partial charge is 0.0786 e. The molecule has 2 heteroatoms. The highest BCUT2D eigenvalue weighted by Crippen LogP contribution is 2.22. The van der Waals surface area contributed by atoms with Crippen molar-refractivity contribution in [1.29, 1.82) is 0 Å². The fraction of sp³-hybridized carbons (Fsp3) is 1.00. The van der Waals surface area contributed by atoms with E-state index in [2.05, 4.69) is 27.7 Å². The van der Waals surface area contributed by atoms with Crippen LogP contribution >= 0.6 is 0 Å². The van der Waals surface area contributed by atoms with Gasteiger partial charge in [0, 0.05) is 0 Å². The normalized spacial score (nSPS) is 11.8. The number of hydrogen-bond acceptors (Lipinski definition) is 0. The lowest BCUT2D eigenvalue weighted by atomic mass is 10.0. The van der Waals surface area contributed by atoms with E-state index in [4.69, 9.17) is 0 Å². The van der Waals surface area contributed by atoms with Crippen LogP contribution in [0.25, 0.3) is 0 Å². The van der Waals surface area contributed by atoms with Crippen LogP contribution in [0.1, 0.15) is 285 Å². The summed E-state index contributed by atoms with van der Waals surface area (Å²) in [5.41, 5.74) is 0. The van der Waals surface area contributed by atoms with Crippen molar-refractivity contribution in [3.63, 3.8) is 0 Å². The number of hydrogen-bond donors (Lipinski definition) is 0. The van der Waals surface area contributed by atoms with E-state index in [-0.39, 0.29) is 17.0 Å². The van der Waals surface area contributed by atoms with Crippen molar-refractivity contribution in [2.75, 3.05) is 26.2 Å². The Morgan fingerprint density at radius 1 is 0.180 bits per heavy atom. The van der Waals surface area contributed by atoms with Crippen molar-refractivity contribution < 1.29 is 21.5 Å². The highest BCUT2D eigenvalue weighted by atomic mass is 79.9. The predicted octanol–water partition coefficient (Wildman–Crippen LogP) is 14.5. The summed E-state index contributed by atoms with van der Waals surface area (Å²) in [7, 11) is 0. The van der Waals surface area contributed by atoms with Crippen LogP contribution in [-0.4, -0.2) is 30.7 Å². The molecule has 0 aliphatic carbocycles. The molecule has 1 nitrogen and oxygen atoms in total. The van der Waals surface area contributed by atoms with Gasteiger partial charge in [-0.05, 0) is 51.4 Å². The minimum atomic E-state index is 0. The summed E-state index contributed by atoms with van der Waals surface area (Å²) in [4.78, 5) is 0. The molecule has 0 saturated carbocycles. The van der Waals surface area contributed by atoms with Crippen molar-refractivity contribution in [2.24, 2.45) is 0 Å². The van der Waals surface area contributed by atoms with Crippen molar-refractivity contribution in [2.45, 2.75) is 285 Å². The quantitative estimate of drug-likeness (QED) is 0.0428. The molecule has 304 valence electrons. The molecule has 0 aromatic carbocycles. The SMILES string of the molecule is CCCCCCCCCCCC[N+](CCCCCCCCCCCC)(CCCCCCCCCCCC)CCCCCCCCCCCC.[Br-]. The average Bonchev–Trinajstić information content (AvgIpc) is 3.11. The van der Waals surface area contributed by atoms with E-state index in [0.717, 1.165) is 0 Å². The Morgan fingerprint density at radius 3 is 0.440 bits per heavy atom. The second-order valence-corrected chi connectivity index (χ2v) is 17.0. The Balaban J connectivity index is 0. The van der Waals surface area contributed by atoms with Gasteiger partial charge in [0.25, 0.3) is 0 Å². The maximum atomic E-state index is 2.34. The Bertz CT molecular complexity index is 475. The molecule has 0 aliphatic rings. The Morgan fingerprint density at radius 2 is 0.300 bits per heavy atom. The lowest BCUT2D eigenvalue weighted by Gasteiger charge is -2.40. The van der Waals surface area contributed by atoms with Crippen LogP contribution in [0.4, 0.5) is 0 Å². The van der Waals surface area contributed by atoms with Gasteiger partial charge in [-0.15, -0.1) is 0 Å². The summed E-state index contributed by atoms with van der Waals surface area (Å²) in [5.74, 6) is 0. The van der Waals surface area contributed by atoms with E-state index in [1.165, 1.54) is 287 Å². The number of rotatable bonds is 44. The number of unbranched alkanes of at least 4 members (excludes halogenated alkanes) is 36. The fourth-order valence-corrected chi connectivity index (χ4v) is 8.41. The van der Waals surface area contributed by atoms with Crippen LogP contribution in [-0.2, 0) is 0 Å². The second-order valence-electron chi connectivity index (χ2n) is 17.0. The van der Waals surface area contributed by atoms with Crippen molar-refractivity contribution in [1.82, 2.24) is 0 Å². The molecule has 0 radical (unpaired) electrons. The Labute approximate surface area is 330 Å². The van der Waals surface area contributed by atoms with Gasteiger partial charge in [0.15, 0.2) is 0 Å². The van der Waals surface area contributed by atoms with Gasteiger partial charge in [0.2, 0.25) is 0 Å². The molecular weight excluding hydrogens is 670 g/mol. The molecule has 0 atom stereocenters. The molecule has 0 spiro atoms. The average molecular weight is 771 g/mol. The van der Waals surface area contributed by atoms with E-state index < -0.39 is 0 Å². The van der Waals surface area contributed by atoms with Gasteiger partial charge in [-0.25, -0.2) is 0 Å². The van der Waals surface area contributed by atoms with Crippen LogP contribution in [0.2, 0.25) is 0 Å².